The van der Waals surface area contributed by atoms with E-state index in [1.54, 1.807) is 0 Å². The monoisotopic (exact) mass is 277 g/mol. The molecule has 0 radical (unpaired) electrons. The van der Waals surface area contributed by atoms with Crippen LogP contribution in [0.5, 0.6) is 0 Å². The molecule has 0 bridgehead atoms. The van der Waals surface area contributed by atoms with Crippen LogP contribution in [0.3, 0.4) is 0 Å². The Kier molecular flexibility index (Phi) is 6.47. The van der Waals surface area contributed by atoms with Gasteiger partial charge >= 0.3 is 0 Å². The molecule has 0 fully saturated rings. The van der Waals surface area contributed by atoms with Gasteiger partial charge in [-0.2, -0.15) is 0 Å². The number of aromatic nitrogens is 1. The van der Waals surface area contributed by atoms with Gasteiger partial charge in [-0.3, -0.25) is 0 Å². The predicted molar refractivity (Wildman–Crippen MR) is 88.1 cm³/mol. The maximum absolute atomic E-state index is 4.69. The molecule has 114 valence electrons. The molecule has 1 rings (SSSR count). The highest BCUT2D eigenvalue weighted by Crippen LogP contribution is 2.23. The SMILES string of the molecule is CNCc1c(C)cc(C)nc1NCC(C(C)C)C(C)C. The first-order valence-corrected chi connectivity index (χ1v) is 7.72. The summed E-state index contributed by atoms with van der Waals surface area (Å²) in [6.07, 6.45) is 0. The summed E-state index contributed by atoms with van der Waals surface area (Å²) >= 11 is 0. The molecule has 0 aliphatic rings. The Labute approximate surface area is 124 Å². The minimum atomic E-state index is 0.667. The second kappa shape index (κ2) is 7.63. The van der Waals surface area contributed by atoms with Gasteiger partial charge in [0.2, 0.25) is 0 Å². The molecule has 1 aromatic rings. The molecule has 0 aliphatic heterocycles. The van der Waals surface area contributed by atoms with E-state index in [-0.39, 0.29) is 0 Å². The Morgan fingerprint density at radius 1 is 1.10 bits per heavy atom. The van der Waals surface area contributed by atoms with Gasteiger partial charge in [0.1, 0.15) is 5.82 Å². The van der Waals surface area contributed by atoms with Gasteiger partial charge in [0.25, 0.3) is 0 Å². The maximum Gasteiger partial charge on any atom is 0.131 e. The summed E-state index contributed by atoms with van der Waals surface area (Å²) < 4.78 is 0. The molecule has 0 amide bonds. The van der Waals surface area contributed by atoms with Gasteiger partial charge in [-0.25, -0.2) is 4.98 Å². The fourth-order valence-corrected chi connectivity index (χ4v) is 2.87. The van der Waals surface area contributed by atoms with Crippen molar-refractivity contribution in [3.63, 3.8) is 0 Å². The van der Waals surface area contributed by atoms with Crippen LogP contribution in [0, 0.1) is 31.6 Å². The topological polar surface area (TPSA) is 37.0 Å². The van der Waals surface area contributed by atoms with Gasteiger partial charge in [0, 0.05) is 24.3 Å². The Morgan fingerprint density at radius 2 is 1.70 bits per heavy atom. The van der Waals surface area contributed by atoms with Crippen molar-refractivity contribution in [1.29, 1.82) is 0 Å². The van der Waals surface area contributed by atoms with Crippen LogP contribution in [-0.4, -0.2) is 18.6 Å². The second-order valence-corrected chi connectivity index (χ2v) is 6.47. The van der Waals surface area contributed by atoms with Crippen molar-refractivity contribution in [2.45, 2.75) is 48.1 Å². The van der Waals surface area contributed by atoms with Crippen LogP contribution in [0.4, 0.5) is 5.82 Å². The van der Waals surface area contributed by atoms with E-state index in [4.69, 9.17) is 4.98 Å². The molecule has 0 aromatic carbocycles. The lowest BCUT2D eigenvalue weighted by Crippen LogP contribution is -2.26. The van der Waals surface area contributed by atoms with E-state index in [0.29, 0.717) is 17.8 Å². The van der Waals surface area contributed by atoms with E-state index in [1.165, 1.54) is 11.1 Å². The largest absolute Gasteiger partial charge is 0.369 e. The zero-order valence-corrected chi connectivity index (χ0v) is 14.2. The molecule has 2 N–H and O–H groups in total. The van der Waals surface area contributed by atoms with E-state index >= 15 is 0 Å². The fraction of sp³-hybridized carbons (Fsp3) is 0.706. The summed E-state index contributed by atoms with van der Waals surface area (Å²) in [5.41, 5.74) is 3.67. The number of pyridine rings is 1. The molecule has 20 heavy (non-hydrogen) atoms. The molecule has 0 aliphatic carbocycles. The first kappa shape index (κ1) is 17.0. The van der Waals surface area contributed by atoms with Crippen molar-refractivity contribution in [3.8, 4) is 0 Å². The van der Waals surface area contributed by atoms with Gasteiger partial charge < -0.3 is 10.6 Å². The first-order valence-electron chi connectivity index (χ1n) is 7.72. The number of hydrogen-bond acceptors (Lipinski definition) is 3. The van der Waals surface area contributed by atoms with Crippen molar-refractivity contribution < 1.29 is 0 Å². The molecule has 0 saturated carbocycles. The van der Waals surface area contributed by atoms with Crippen LogP contribution in [0.25, 0.3) is 0 Å². The summed E-state index contributed by atoms with van der Waals surface area (Å²) in [6, 6.07) is 2.15. The van der Waals surface area contributed by atoms with Crippen molar-refractivity contribution in [2.75, 3.05) is 18.9 Å². The van der Waals surface area contributed by atoms with Crippen molar-refractivity contribution in [3.05, 3.63) is 22.9 Å². The van der Waals surface area contributed by atoms with Crippen LogP contribution in [0.15, 0.2) is 6.07 Å². The Bertz CT molecular complexity index is 416. The number of anilines is 1. The highest BCUT2D eigenvalue weighted by Gasteiger charge is 2.18. The molecule has 3 heteroatoms. The summed E-state index contributed by atoms with van der Waals surface area (Å²) in [5.74, 6) is 3.07. The molecule has 0 atom stereocenters. The van der Waals surface area contributed by atoms with E-state index < -0.39 is 0 Å². The smallest absolute Gasteiger partial charge is 0.131 e. The molecule has 0 unspecified atom stereocenters. The maximum atomic E-state index is 4.69. The Hall–Kier alpha value is -1.09. The van der Waals surface area contributed by atoms with Crippen LogP contribution < -0.4 is 10.6 Å². The standard InChI is InChI=1S/C17H31N3/c1-11(2)15(12(3)4)10-19-17-16(9-18-7)13(5)8-14(6)20-17/h8,11-12,15,18H,9-10H2,1-7H3,(H,19,20). The Morgan fingerprint density at radius 3 is 2.20 bits per heavy atom. The minimum absolute atomic E-state index is 0.667. The highest BCUT2D eigenvalue weighted by atomic mass is 15.0. The summed E-state index contributed by atoms with van der Waals surface area (Å²) in [5, 5.41) is 6.83. The highest BCUT2D eigenvalue weighted by molar-refractivity contribution is 5.49. The van der Waals surface area contributed by atoms with Gasteiger partial charge in [0.05, 0.1) is 0 Å². The van der Waals surface area contributed by atoms with Gasteiger partial charge in [0.15, 0.2) is 0 Å². The molecule has 0 saturated heterocycles. The summed E-state index contributed by atoms with van der Waals surface area (Å²) in [4.78, 5) is 4.69. The minimum Gasteiger partial charge on any atom is -0.369 e. The van der Waals surface area contributed by atoms with E-state index in [1.807, 2.05) is 7.05 Å². The number of aryl methyl sites for hydroxylation is 2. The second-order valence-electron chi connectivity index (χ2n) is 6.47. The van der Waals surface area contributed by atoms with Crippen LogP contribution in [0.2, 0.25) is 0 Å². The lowest BCUT2D eigenvalue weighted by molar-refractivity contribution is 0.304. The Balaban J connectivity index is 2.90. The molecule has 1 heterocycles. The average molecular weight is 277 g/mol. The molecule has 1 aromatic heterocycles. The third kappa shape index (κ3) is 4.48. The zero-order chi connectivity index (χ0) is 15.3. The lowest BCUT2D eigenvalue weighted by Gasteiger charge is -2.26. The molecule has 0 spiro atoms. The summed E-state index contributed by atoms with van der Waals surface area (Å²) in [7, 11) is 1.98. The molecular weight excluding hydrogens is 246 g/mol. The number of rotatable bonds is 7. The predicted octanol–water partition coefficient (Wildman–Crippen LogP) is 3.76. The third-order valence-electron chi connectivity index (χ3n) is 4.05. The van der Waals surface area contributed by atoms with Crippen molar-refractivity contribution >= 4 is 5.82 Å². The van der Waals surface area contributed by atoms with E-state index in [9.17, 15) is 0 Å². The first-order chi connectivity index (χ1) is 9.36. The van der Waals surface area contributed by atoms with Gasteiger partial charge in [-0.1, -0.05) is 27.7 Å². The number of nitrogens with zero attached hydrogens (tertiary/aromatic N) is 1. The van der Waals surface area contributed by atoms with E-state index in [0.717, 1.165) is 24.6 Å². The van der Waals surface area contributed by atoms with Crippen molar-refractivity contribution in [2.24, 2.45) is 17.8 Å². The average Bonchev–Trinajstić information content (AvgIpc) is 2.32. The quantitative estimate of drug-likeness (QED) is 0.797. The van der Waals surface area contributed by atoms with Gasteiger partial charge in [-0.05, 0) is 50.3 Å². The fourth-order valence-electron chi connectivity index (χ4n) is 2.87. The number of hydrogen-bond donors (Lipinski definition) is 2. The van der Waals surface area contributed by atoms with Crippen LogP contribution in [-0.2, 0) is 6.54 Å². The third-order valence-corrected chi connectivity index (χ3v) is 4.05. The molecular formula is C17H31N3. The zero-order valence-electron chi connectivity index (χ0n) is 14.2. The van der Waals surface area contributed by atoms with Crippen molar-refractivity contribution in [1.82, 2.24) is 10.3 Å². The molecule has 3 nitrogen and oxygen atoms in total. The van der Waals surface area contributed by atoms with Crippen LogP contribution >= 0.6 is 0 Å². The van der Waals surface area contributed by atoms with Crippen LogP contribution in [0.1, 0.15) is 44.5 Å². The van der Waals surface area contributed by atoms with E-state index in [2.05, 4.69) is 58.2 Å². The summed E-state index contributed by atoms with van der Waals surface area (Å²) in [6.45, 7) is 15.3. The van der Waals surface area contributed by atoms with Gasteiger partial charge in [-0.15, -0.1) is 0 Å². The normalized spacial score (nSPS) is 11.7. The number of nitrogens with one attached hydrogen (secondary N) is 2. The lowest BCUT2D eigenvalue weighted by atomic mass is 9.85.